The Morgan fingerprint density at radius 1 is 1.44 bits per heavy atom. The van der Waals surface area contributed by atoms with Crippen LogP contribution >= 0.6 is 0 Å². The summed E-state index contributed by atoms with van der Waals surface area (Å²) in [6.45, 7) is 6.43. The van der Waals surface area contributed by atoms with Gasteiger partial charge < -0.3 is 4.74 Å². The fraction of sp³-hybridized carbons (Fsp3) is 0.538. The van der Waals surface area contributed by atoms with Gasteiger partial charge in [0.1, 0.15) is 0 Å². The molecule has 0 atom stereocenters. The first-order chi connectivity index (χ1) is 7.69. The first-order valence-corrected chi connectivity index (χ1v) is 5.81. The van der Waals surface area contributed by atoms with E-state index in [1.54, 1.807) is 6.20 Å². The van der Waals surface area contributed by atoms with Crippen LogP contribution in [0.2, 0.25) is 0 Å². The van der Waals surface area contributed by atoms with Crippen LogP contribution in [0, 0.1) is 6.92 Å². The van der Waals surface area contributed by atoms with E-state index in [1.165, 1.54) is 0 Å². The van der Waals surface area contributed by atoms with Gasteiger partial charge >= 0.3 is 5.97 Å². The molecule has 88 valence electrons. The summed E-state index contributed by atoms with van der Waals surface area (Å²) in [7, 11) is 0. The minimum Gasteiger partial charge on any atom is -0.462 e. The highest BCUT2D eigenvalue weighted by Gasteiger charge is 2.11. The van der Waals surface area contributed by atoms with Gasteiger partial charge in [0.25, 0.3) is 0 Å². The quantitative estimate of drug-likeness (QED) is 0.567. The van der Waals surface area contributed by atoms with Crippen molar-refractivity contribution in [2.75, 3.05) is 6.61 Å². The Labute approximate surface area is 96.8 Å². The van der Waals surface area contributed by atoms with Crippen LogP contribution in [0.25, 0.3) is 0 Å². The molecule has 0 aliphatic rings. The lowest BCUT2D eigenvalue weighted by Crippen LogP contribution is -2.09. The molecule has 16 heavy (non-hydrogen) atoms. The molecule has 0 N–H and O–H groups in total. The van der Waals surface area contributed by atoms with Gasteiger partial charge in [0, 0.05) is 6.20 Å². The maximum absolute atomic E-state index is 11.7. The summed E-state index contributed by atoms with van der Waals surface area (Å²) in [5.41, 5.74) is 2.39. The Morgan fingerprint density at radius 3 is 2.81 bits per heavy atom. The molecule has 0 aliphatic heterocycles. The number of hydrogen-bond donors (Lipinski definition) is 0. The maximum atomic E-state index is 11.7. The molecule has 1 aromatic rings. The molecule has 0 amide bonds. The topological polar surface area (TPSA) is 39.2 Å². The molecular formula is C13H19NO2. The molecule has 1 aromatic heterocycles. The van der Waals surface area contributed by atoms with Crippen molar-refractivity contribution in [2.45, 2.75) is 40.0 Å². The molecule has 0 aromatic carbocycles. The average Bonchev–Trinajstić information content (AvgIpc) is 2.30. The average molecular weight is 221 g/mol. The van der Waals surface area contributed by atoms with Crippen LogP contribution in [0.4, 0.5) is 0 Å². The van der Waals surface area contributed by atoms with Crippen LogP contribution in [0.3, 0.4) is 0 Å². The Bertz CT molecular complexity index is 361. The van der Waals surface area contributed by atoms with Crippen molar-refractivity contribution in [1.82, 2.24) is 4.98 Å². The number of nitrogens with zero attached hydrogens (tertiary/aromatic N) is 1. The number of aryl methyl sites for hydroxylation is 2. The number of ether oxygens (including phenoxy) is 1. The van der Waals surface area contributed by atoms with Gasteiger partial charge in [0.05, 0.1) is 17.9 Å². The summed E-state index contributed by atoms with van der Waals surface area (Å²) in [6.07, 6.45) is 4.62. The van der Waals surface area contributed by atoms with Crippen molar-refractivity contribution in [1.29, 1.82) is 0 Å². The van der Waals surface area contributed by atoms with Gasteiger partial charge in [-0.15, -0.1) is 0 Å². The van der Waals surface area contributed by atoms with E-state index in [1.807, 2.05) is 19.9 Å². The highest BCUT2D eigenvalue weighted by atomic mass is 16.5. The predicted molar refractivity (Wildman–Crippen MR) is 63.5 cm³/mol. The van der Waals surface area contributed by atoms with Crippen LogP contribution in [0.1, 0.15) is 48.3 Å². The zero-order chi connectivity index (χ0) is 12.0. The van der Waals surface area contributed by atoms with Gasteiger partial charge in [0.2, 0.25) is 0 Å². The normalized spacial score (nSPS) is 10.2. The zero-order valence-corrected chi connectivity index (χ0v) is 10.2. The molecule has 3 nitrogen and oxygen atoms in total. The van der Waals surface area contributed by atoms with Crippen molar-refractivity contribution in [2.24, 2.45) is 0 Å². The van der Waals surface area contributed by atoms with E-state index in [9.17, 15) is 4.79 Å². The lowest BCUT2D eigenvalue weighted by Gasteiger charge is -2.07. The van der Waals surface area contributed by atoms with Crippen LogP contribution in [0.15, 0.2) is 12.3 Å². The molecular weight excluding hydrogens is 202 g/mol. The van der Waals surface area contributed by atoms with E-state index in [4.69, 9.17) is 4.74 Å². The van der Waals surface area contributed by atoms with E-state index >= 15 is 0 Å². The minimum atomic E-state index is -0.256. The summed E-state index contributed by atoms with van der Waals surface area (Å²) >= 11 is 0. The number of esters is 1. The summed E-state index contributed by atoms with van der Waals surface area (Å²) in [5.74, 6) is -0.256. The molecule has 0 radical (unpaired) electrons. The molecule has 1 rings (SSSR count). The summed E-state index contributed by atoms with van der Waals surface area (Å²) in [5, 5.41) is 0. The number of rotatable bonds is 5. The third-order valence-electron chi connectivity index (χ3n) is 2.50. The van der Waals surface area contributed by atoms with E-state index in [-0.39, 0.29) is 5.97 Å². The molecule has 0 saturated carbocycles. The second-order valence-electron chi connectivity index (χ2n) is 3.82. The van der Waals surface area contributed by atoms with Gasteiger partial charge in [-0.25, -0.2) is 4.79 Å². The fourth-order valence-electron chi connectivity index (χ4n) is 1.36. The summed E-state index contributed by atoms with van der Waals surface area (Å²) in [4.78, 5) is 15.9. The Balaban J connectivity index is 2.73. The Morgan fingerprint density at radius 2 is 2.19 bits per heavy atom. The summed E-state index contributed by atoms with van der Waals surface area (Å²) in [6, 6.07) is 1.87. The second-order valence-corrected chi connectivity index (χ2v) is 3.82. The van der Waals surface area contributed by atoms with Crippen molar-refractivity contribution in [3.8, 4) is 0 Å². The van der Waals surface area contributed by atoms with E-state index in [2.05, 4.69) is 11.9 Å². The summed E-state index contributed by atoms with van der Waals surface area (Å²) < 4.78 is 5.17. The Kier molecular flexibility index (Phi) is 4.96. The Hall–Kier alpha value is -1.38. The molecule has 0 fully saturated rings. The molecule has 0 aliphatic carbocycles. The largest absolute Gasteiger partial charge is 0.462 e. The van der Waals surface area contributed by atoms with Gasteiger partial charge in [-0.1, -0.05) is 20.3 Å². The zero-order valence-electron chi connectivity index (χ0n) is 10.2. The smallest absolute Gasteiger partial charge is 0.339 e. The number of unbranched alkanes of at least 4 members (excludes halogenated alkanes) is 1. The molecule has 3 heteroatoms. The monoisotopic (exact) mass is 221 g/mol. The van der Waals surface area contributed by atoms with E-state index in [0.717, 1.165) is 30.5 Å². The second kappa shape index (κ2) is 6.26. The highest BCUT2D eigenvalue weighted by Crippen LogP contribution is 2.10. The fourth-order valence-corrected chi connectivity index (χ4v) is 1.36. The van der Waals surface area contributed by atoms with Crippen LogP contribution in [-0.2, 0) is 11.2 Å². The number of aromatic nitrogens is 1. The lowest BCUT2D eigenvalue weighted by atomic mass is 10.1. The lowest BCUT2D eigenvalue weighted by molar-refractivity contribution is 0.0498. The van der Waals surface area contributed by atoms with Crippen molar-refractivity contribution in [3.63, 3.8) is 0 Å². The third kappa shape index (κ3) is 3.33. The first kappa shape index (κ1) is 12.7. The van der Waals surface area contributed by atoms with Crippen molar-refractivity contribution in [3.05, 3.63) is 29.1 Å². The van der Waals surface area contributed by atoms with Gasteiger partial charge in [-0.3, -0.25) is 4.98 Å². The van der Waals surface area contributed by atoms with E-state index in [0.29, 0.717) is 12.2 Å². The maximum Gasteiger partial charge on any atom is 0.339 e. The standard InChI is InChI=1S/C13H19NO2/c1-4-6-7-16-13(15)12-8-11(5-2)9-14-10(12)3/h8-9H,4-7H2,1-3H3. The van der Waals surface area contributed by atoms with Crippen molar-refractivity contribution < 1.29 is 9.53 Å². The number of hydrogen-bond acceptors (Lipinski definition) is 3. The minimum absolute atomic E-state index is 0.256. The first-order valence-electron chi connectivity index (χ1n) is 5.81. The highest BCUT2D eigenvalue weighted by molar-refractivity contribution is 5.90. The van der Waals surface area contributed by atoms with Gasteiger partial charge in [0.15, 0.2) is 0 Å². The van der Waals surface area contributed by atoms with Gasteiger partial charge in [-0.05, 0) is 31.4 Å². The van der Waals surface area contributed by atoms with Gasteiger partial charge in [-0.2, -0.15) is 0 Å². The molecule has 0 spiro atoms. The number of carbonyl (C=O) groups is 1. The molecule has 0 unspecified atom stereocenters. The molecule has 0 bridgehead atoms. The SMILES string of the molecule is CCCCOC(=O)c1cc(CC)cnc1C. The van der Waals surface area contributed by atoms with Crippen molar-refractivity contribution >= 4 is 5.97 Å². The van der Waals surface area contributed by atoms with Crippen LogP contribution < -0.4 is 0 Å². The molecule has 0 saturated heterocycles. The van der Waals surface area contributed by atoms with Crippen LogP contribution in [-0.4, -0.2) is 17.6 Å². The molecule has 1 heterocycles. The van der Waals surface area contributed by atoms with E-state index < -0.39 is 0 Å². The number of carbonyl (C=O) groups excluding carboxylic acids is 1. The third-order valence-corrected chi connectivity index (χ3v) is 2.50. The number of pyridine rings is 1. The predicted octanol–water partition coefficient (Wildman–Crippen LogP) is 2.91. The van der Waals surface area contributed by atoms with Crippen LogP contribution in [0.5, 0.6) is 0 Å².